The predicted molar refractivity (Wildman–Crippen MR) is 113 cm³/mol. The van der Waals surface area contributed by atoms with Gasteiger partial charge in [-0.3, -0.25) is 9.59 Å². The molecule has 1 aliphatic rings. The summed E-state index contributed by atoms with van der Waals surface area (Å²) in [5, 5.41) is 2.85. The highest BCUT2D eigenvalue weighted by Gasteiger charge is 2.15. The van der Waals surface area contributed by atoms with E-state index in [0.29, 0.717) is 34.1 Å². The fourth-order valence-electron chi connectivity index (χ4n) is 2.98. The van der Waals surface area contributed by atoms with E-state index in [2.05, 4.69) is 5.32 Å². The Hall–Kier alpha value is -4.06. The van der Waals surface area contributed by atoms with E-state index in [1.165, 1.54) is 6.08 Å². The van der Waals surface area contributed by atoms with Gasteiger partial charge in [-0.25, -0.2) is 0 Å². The van der Waals surface area contributed by atoms with Gasteiger partial charge in [0.25, 0.3) is 5.91 Å². The van der Waals surface area contributed by atoms with Crippen molar-refractivity contribution in [2.24, 2.45) is 0 Å². The number of fused-ring (bicyclic) bond motifs is 1. The third-order valence-corrected chi connectivity index (χ3v) is 4.58. The van der Waals surface area contributed by atoms with Crippen LogP contribution in [0.5, 0.6) is 17.2 Å². The van der Waals surface area contributed by atoms with E-state index >= 15 is 0 Å². The highest BCUT2D eigenvalue weighted by atomic mass is 16.7. The second kappa shape index (κ2) is 8.53. The van der Waals surface area contributed by atoms with Gasteiger partial charge in [-0.15, -0.1) is 0 Å². The Balaban J connectivity index is 1.43. The number of carbonyl (C=O) groups is 2. The smallest absolute Gasteiger partial charge is 0.255 e. The monoisotopic (exact) mass is 401 g/mol. The number of allylic oxidation sites excluding steroid dienone is 1. The minimum atomic E-state index is -0.227. The standard InChI is InChI=1S/C24H19NO5/c1-28-20-9-6-17(7-10-20)24(27)25-19-4-2-3-16(13-19)5-11-21(26)18-8-12-22-23(14-18)30-15-29-22/h2-14H,15H2,1H3,(H,25,27)/b11-5+. The molecule has 0 fully saturated rings. The maximum Gasteiger partial charge on any atom is 0.255 e. The van der Waals surface area contributed by atoms with Crippen LogP contribution in [-0.2, 0) is 0 Å². The number of benzene rings is 3. The molecule has 0 bridgehead atoms. The predicted octanol–water partition coefficient (Wildman–Crippen LogP) is 4.57. The molecule has 6 nitrogen and oxygen atoms in total. The van der Waals surface area contributed by atoms with E-state index < -0.39 is 0 Å². The number of carbonyl (C=O) groups excluding carboxylic acids is 2. The Morgan fingerprint density at radius 3 is 2.50 bits per heavy atom. The molecule has 1 aliphatic heterocycles. The molecule has 4 rings (SSSR count). The quantitative estimate of drug-likeness (QED) is 0.484. The third kappa shape index (κ3) is 4.33. The lowest BCUT2D eigenvalue weighted by Crippen LogP contribution is -2.11. The zero-order valence-electron chi connectivity index (χ0n) is 16.3. The van der Waals surface area contributed by atoms with Gasteiger partial charge in [0.05, 0.1) is 7.11 Å². The molecule has 0 saturated heterocycles. The first-order valence-corrected chi connectivity index (χ1v) is 9.30. The average molecular weight is 401 g/mol. The number of hydrogen-bond acceptors (Lipinski definition) is 5. The van der Waals surface area contributed by atoms with Crippen LogP contribution in [0.2, 0.25) is 0 Å². The number of methoxy groups -OCH3 is 1. The largest absolute Gasteiger partial charge is 0.497 e. The van der Waals surface area contributed by atoms with Crippen molar-refractivity contribution < 1.29 is 23.8 Å². The zero-order valence-corrected chi connectivity index (χ0v) is 16.3. The summed E-state index contributed by atoms with van der Waals surface area (Å²) in [4.78, 5) is 24.9. The van der Waals surface area contributed by atoms with Gasteiger partial charge in [0, 0.05) is 16.8 Å². The van der Waals surface area contributed by atoms with Crippen molar-refractivity contribution in [1.29, 1.82) is 0 Å². The van der Waals surface area contributed by atoms with E-state index in [1.807, 2.05) is 12.1 Å². The fraction of sp³-hybridized carbons (Fsp3) is 0.0833. The van der Waals surface area contributed by atoms with Crippen molar-refractivity contribution in [2.75, 3.05) is 19.2 Å². The van der Waals surface area contributed by atoms with E-state index in [9.17, 15) is 9.59 Å². The Morgan fingerprint density at radius 2 is 1.70 bits per heavy atom. The van der Waals surface area contributed by atoms with Crippen LogP contribution < -0.4 is 19.5 Å². The summed E-state index contributed by atoms with van der Waals surface area (Å²) < 4.78 is 15.7. The van der Waals surface area contributed by atoms with Crippen LogP contribution in [0, 0.1) is 0 Å². The molecule has 0 spiro atoms. The summed E-state index contributed by atoms with van der Waals surface area (Å²) >= 11 is 0. The molecule has 0 unspecified atom stereocenters. The molecule has 30 heavy (non-hydrogen) atoms. The molecular formula is C24H19NO5. The molecule has 0 radical (unpaired) electrons. The number of ketones is 1. The van der Waals surface area contributed by atoms with Gasteiger partial charge < -0.3 is 19.5 Å². The molecule has 3 aromatic rings. The molecule has 3 aromatic carbocycles. The maximum absolute atomic E-state index is 12.5. The van der Waals surface area contributed by atoms with Crippen LogP contribution in [0.25, 0.3) is 6.08 Å². The minimum Gasteiger partial charge on any atom is -0.497 e. The first kappa shape index (κ1) is 19.3. The second-order valence-corrected chi connectivity index (χ2v) is 6.57. The topological polar surface area (TPSA) is 73.9 Å². The van der Waals surface area contributed by atoms with E-state index in [-0.39, 0.29) is 18.5 Å². The summed E-state index contributed by atoms with van der Waals surface area (Å²) in [5.74, 6) is 1.51. The van der Waals surface area contributed by atoms with E-state index in [1.54, 1.807) is 67.8 Å². The SMILES string of the molecule is COc1ccc(C(=O)Nc2cccc(/C=C/C(=O)c3ccc4c(c3)OCO4)c2)cc1. The molecule has 0 saturated carbocycles. The van der Waals surface area contributed by atoms with Gasteiger partial charge in [0.1, 0.15) is 5.75 Å². The molecule has 150 valence electrons. The lowest BCUT2D eigenvalue weighted by atomic mass is 10.1. The van der Waals surface area contributed by atoms with Crippen molar-refractivity contribution in [3.8, 4) is 17.2 Å². The lowest BCUT2D eigenvalue weighted by Gasteiger charge is -2.07. The number of hydrogen-bond donors (Lipinski definition) is 1. The lowest BCUT2D eigenvalue weighted by molar-refractivity contribution is 0.102. The van der Waals surface area contributed by atoms with Crippen LogP contribution in [0.1, 0.15) is 26.3 Å². The summed E-state index contributed by atoms with van der Waals surface area (Å²) in [6.45, 7) is 0.165. The van der Waals surface area contributed by atoms with Gasteiger partial charge in [-0.05, 0) is 66.2 Å². The zero-order chi connectivity index (χ0) is 20.9. The van der Waals surface area contributed by atoms with Gasteiger partial charge in [0.2, 0.25) is 6.79 Å². The van der Waals surface area contributed by atoms with Gasteiger partial charge in [-0.2, -0.15) is 0 Å². The van der Waals surface area contributed by atoms with Gasteiger partial charge in [0.15, 0.2) is 17.3 Å². The summed E-state index contributed by atoms with van der Waals surface area (Å²) in [7, 11) is 1.57. The van der Waals surface area contributed by atoms with Crippen molar-refractivity contribution in [3.63, 3.8) is 0 Å². The third-order valence-electron chi connectivity index (χ3n) is 4.58. The highest BCUT2D eigenvalue weighted by Crippen LogP contribution is 2.32. The van der Waals surface area contributed by atoms with Crippen LogP contribution in [-0.4, -0.2) is 25.6 Å². The van der Waals surface area contributed by atoms with Gasteiger partial charge >= 0.3 is 0 Å². The van der Waals surface area contributed by atoms with Crippen LogP contribution in [0.15, 0.2) is 72.8 Å². The van der Waals surface area contributed by atoms with E-state index in [4.69, 9.17) is 14.2 Å². The number of anilines is 1. The molecule has 0 aromatic heterocycles. The normalized spacial score (nSPS) is 12.0. The number of ether oxygens (including phenoxy) is 3. The molecule has 6 heteroatoms. The Bertz CT molecular complexity index is 1120. The fourth-order valence-corrected chi connectivity index (χ4v) is 2.98. The first-order chi connectivity index (χ1) is 14.6. The number of nitrogens with one attached hydrogen (secondary N) is 1. The van der Waals surface area contributed by atoms with Crippen LogP contribution in [0.3, 0.4) is 0 Å². The number of rotatable bonds is 6. The van der Waals surface area contributed by atoms with Crippen molar-refractivity contribution >= 4 is 23.5 Å². The maximum atomic E-state index is 12.5. The Kier molecular flexibility index (Phi) is 5.48. The minimum absolute atomic E-state index is 0.152. The molecule has 1 heterocycles. The Labute approximate surface area is 173 Å². The van der Waals surface area contributed by atoms with Gasteiger partial charge in [-0.1, -0.05) is 18.2 Å². The Morgan fingerprint density at radius 1 is 0.933 bits per heavy atom. The second-order valence-electron chi connectivity index (χ2n) is 6.57. The molecular weight excluding hydrogens is 382 g/mol. The van der Waals surface area contributed by atoms with Crippen LogP contribution >= 0.6 is 0 Å². The van der Waals surface area contributed by atoms with Crippen molar-refractivity contribution in [2.45, 2.75) is 0 Å². The molecule has 1 N–H and O–H groups in total. The summed E-state index contributed by atoms with van der Waals surface area (Å²) in [6.07, 6.45) is 3.19. The number of amides is 1. The molecule has 0 aliphatic carbocycles. The van der Waals surface area contributed by atoms with Crippen molar-refractivity contribution in [3.05, 3.63) is 89.5 Å². The van der Waals surface area contributed by atoms with Crippen LogP contribution in [0.4, 0.5) is 5.69 Å². The molecule has 0 atom stereocenters. The average Bonchev–Trinajstić information content (AvgIpc) is 3.25. The molecule has 1 amide bonds. The van der Waals surface area contributed by atoms with E-state index in [0.717, 1.165) is 5.56 Å². The highest BCUT2D eigenvalue weighted by molar-refractivity contribution is 6.07. The van der Waals surface area contributed by atoms with Crippen molar-refractivity contribution in [1.82, 2.24) is 0 Å². The summed E-state index contributed by atoms with van der Waals surface area (Å²) in [5.41, 5.74) is 2.46. The summed E-state index contributed by atoms with van der Waals surface area (Å²) in [6, 6.07) is 19.2. The first-order valence-electron chi connectivity index (χ1n) is 9.30.